The molecule has 3 rings (SSSR count). The van der Waals surface area contributed by atoms with E-state index in [2.05, 4.69) is 4.98 Å². The van der Waals surface area contributed by atoms with E-state index in [0.29, 0.717) is 10.8 Å². The normalized spacial score (nSPS) is 11.2. The summed E-state index contributed by atoms with van der Waals surface area (Å²) < 4.78 is 7.18. The number of aryl methyl sites for hydroxylation is 1. The summed E-state index contributed by atoms with van der Waals surface area (Å²) >= 11 is 6.02. The third kappa shape index (κ3) is 3.02. The summed E-state index contributed by atoms with van der Waals surface area (Å²) in [6.45, 7) is 0. The molecule has 22 heavy (non-hydrogen) atoms. The second kappa shape index (κ2) is 6.03. The number of fused-ring (bicyclic) bond motifs is 1. The van der Waals surface area contributed by atoms with E-state index in [4.69, 9.17) is 16.3 Å². The van der Waals surface area contributed by atoms with Crippen LogP contribution in [0.5, 0.6) is 5.75 Å². The molecule has 0 saturated heterocycles. The van der Waals surface area contributed by atoms with E-state index in [0.717, 1.165) is 16.6 Å². The average molecular weight is 313 g/mol. The number of halogens is 1. The highest BCUT2D eigenvalue weighted by Crippen LogP contribution is 2.20. The topological polar surface area (TPSA) is 44.1 Å². The van der Waals surface area contributed by atoms with Crippen molar-refractivity contribution >= 4 is 34.7 Å². The van der Waals surface area contributed by atoms with Crippen LogP contribution in [0.4, 0.5) is 0 Å². The fraction of sp³-hybridized carbons (Fsp3) is 0.0588. The second-order valence-corrected chi connectivity index (χ2v) is 5.19. The first-order chi connectivity index (χ1) is 10.6. The molecule has 0 bridgehead atoms. The largest absolute Gasteiger partial charge is 0.423 e. The zero-order chi connectivity index (χ0) is 15.5. The minimum absolute atomic E-state index is 0.458. The number of ether oxygens (including phenoxy) is 1. The van der Waals surface area contributed by atoms with Crippen molar-refractivity contribution in [1.82, 2.24) is 9.55 Å². The van der Waals surface area contributed by atoms with Crippen LogP contribution in [0.2, 0.25) is 5.02 Å². The molecule has 1 heterocycles. The molecule has 0 amide bonds. The molecular formula is C17H13ClN2O2. The van der Waals surface area contributed by atoms with E-state index in [9.17, 15) is 4.79 Å². The van der Waals surface area contributed by atoms with Gasteiger partial charge >= 0.3 is 5.97 Å². The van der Waals surface area contributed by atoms with Crippen LogP contribution >= 0.6 is 11.6 Å². The number of benzene rings is 2. The first-order valence-electron chi connectivity index (χ1n) is 6.69. The Morgan fingerprint density at radius 1 is 1.27 bits per heavy atom. The van der Waals surface area contributed by atoms with Crippen molar-refractivity contribution in [2.75, 3.05) is 0 Å². The van der Waals surface area contributed by atoms with Crippen molar-refractivity contribution in [3.63, 3.8) is 0 Å². The summed E-state index contributed by atoms with van der Waals surface area (Å²) in [5.74, 6) is -0.00444. The SMILES string of the molecule is Cn1cnc2cc(OC(=O)/C=C/c3ccccc3Cl)ccc21. The molecule has 0 saturated carbocycles. The Labute approximate surface area is 132 Å². The van der Waals surface area contributed by atoms with Gasteiger partial charge in [-0.1, -0.05) is 29.8 Å². The van der Waals surface area contributed by atoms with Crippen LogP contribution in [0.1, 0.15) is 5.56 Å². The summed E-state index contributed by atoms with van der Waals surface area (Å²) in [4.78, 5) is 16.1. The minimum atomic E-state index is -0.463. The smallest absolute Gasteiger partial charge is 0.336 e. The van der Waals surface area contributed by atoms with Gasteiger partial charge in [-0.05, 0) is 29.8 Å². The van der Waals surface area contributed by atoms with Gasteiger partial charge in [0.05, 0.1) is 17.4 Å². The van der Waals surface area contributed by atoms with Crippen LogP contribution in [-0.2, 0) is 11.8 Å². The van der Waals surface area contributed by atoms with Crippen LogP contribution in [-0.4, -0.2) is 15.5 Å². The number of esters is 1. The van der Waals surface area contributed by atoms with Gasteiger partial charge in [0.2, 0.25) is 0 Å². The molecule has 2 aromatic carbocycles. The van der Waals surface area contributed by atoms with Gasteiger partial charge in [-0.25, -0.2) is 9.78 Å². The number of hydrogen-bond donors (Lipinski definition) is 0. The number of imidazole rings is 1. The summed E-state index contributed by atoms with van der Waals surface area (Å²) in [6.07, 6.45) is 4.70. The lowest BCUT2D eigenvalue weighted by molar-refractivity contribution is -0.128. The van der Waals surface area contributed by atoms with Crippen molar-refractivity contribution in [3.8, 4) is 5.75 Å². The van der Waals surface area contributed by atoms with Gasteiger partial charge in [0.1, 0.15) is 5.75 Å². The van der Waals surface area contributed by atoms with Crippen molar-refractivity contribution in [3.05, 3.63) is 65.5 Å². The lowest BCUT2D eigenvalue weighted by atomic mass is 10.2. The third-order valence-corrected chi connectivity index (χ3v) is 3.56. The molecule has 0 radical (unpaired) electrons. The Hall–Kier alpha value is -2.59. The van der Waals surface area contributed by atoms with E-state index in [-0.39, 0.29) is 0 Å². The van der Waals surface area contributed by atoms with E-state index < -0.39 is 5.97 Å². The van der Waals surface area contributed by atoms with E-state index in [1.807, 2.05) is 35.9 Å². The summed E-state index contributed by atoms with van der Waals surface area (Å²) in [6, 6.07) is 12.6. The predicted octanol–water partition coefficient (Wildman–Crippen LogP) is 3.85. The van der Waals surface area contributed by atoms with Crippen LogP contribution < -0.4 is 4.74 Å². The molecule has 5 heteroatoms. The fourth-order valence-electron chi connectivity index (χ4n) is 2.10. The molecule has 110 valence electrons. The Bertz CT molecular complexity index is 868. The van der Waals surface area contributed by atoms with Gasteiger partial charge in [-0.15, -0.1) is 0 Å². The molecule has 0 aliphatic carbocycles. The summed E-state index contributed by atoms with van der Waals surface area (Å²) in [5.41, 5.74) is 2.52. The van der Waals surface area contributed by atoms with Gasteiger partial charge in [0.15, 0.2) is 0 Å². The maximum absolute atomic E-state index is 11.9. The maximum atomic E-state index is 11.9. The molecule has 0 atom stereocenters. The van der Waals surface area contributed by atoms with Crippen molar-refractivity contribution in [2.45, 2.75) is 0 Å². The Morgan fingerprint density at radius 2 is 2.09 bits per heavy atom. The molecule has 0 unspecified atom stereocenters. The van der Waals surface area contributed by atoms with Crippen LogP contribution in [0.15, 0.2) is 54.9 Å². The molecule has 0 fully saturated rings. The third-order valence-electron chi connectivity index (χ3n) is 3.22. The standard InChI is InChI=1S/C17H13ClN2O2/c1-20-11-19-15-10-13(7-8-16(15)20)22-17(21)9-6-12-4-2-3-5-14(12)18/h2-11H,1H3/b9-6+. The number of hydrogen-bond acceptors (Lipinski definition) is 3. The zero-order valence-corrected chi connectivity index (χ0v) is 12.6. The van der Waals surface area contributed by atoms with E-state index in [1.165, 1.54) is 6.08 Å². The van der Waals surface area contributed by atoms with E-state index in [1.54, 1.807) is 30.6 Å². The number of carbonyl (C=O) groups excluding carboxylic acids is 1. The number of carbonyl (C=O) groups is 1. The van der Waals surface area contributed by atoms with Gasteiger partial charge in [-0.3, -0.25) is 0 Å². The van der Waals surface area contributed by atoms with Gasteiger partial charge < -0.3 is 9.30 Å². The molecule has 1 aromatic heterocycles. The molecule has 0 aliphatic heterocycles. The van der Waals surface area contributed by atoms with Crippen molar-refractivity contribution in [2.24, 2.45) is 7.05 Å². The lowest BCUT2D eigenvalue weighted by Gasteiger charge is -2.02. The number of aromatic nitrogens is 2. The number of rotatable bonds is 3. The van der Waals surface area contributed by atoms with Gasteiger partial charge in [0, 0.05) is 24.2 Å². The predicted molar refractivity (Wildman–Crippen MR) is 86.8 cm³/mol. The van der Waals surface area contributed by atoms with Crippen molar-refractivity contribution < 1.29 is 9.53 Å². The highest BCUT2D eigenvalue weighted by molar-refractivity contribution is 6.32. The first kappa shape index (κ1) is 14.4. The molecule has 4 nitrogen and oxygen atoms in total. The fourth-order valence-corrected chi connectivity index (χ4v) is 2.30. The summed E-state index contributed by atoms with van der Waals surface area (Å²) in [5, 5.41) is 0.585. The second-order valence-electron chi connectivity index (χ2n) is 4.78. The Kier molecular flexibility index (Phi) is 3.94. The van der Waals surface area contributed by atoms with Crippen LogP contribution in [0, 0.1) is 0 Å². The molecule has 3 aromatic rings. The monoisotopic (exact) mass is 312 g/mol. The highest BCUT2D eigenvalue weighted by Gasteiger charge is 2.05. The average Bonchev–Trinajstić information content (AvgIpc) is 2.87. The van der Waals surface area contributed by atoms with Crippen LogP contribution in [0.25, 0.3) is 17.1 Å². The van der Waals surface area contributed by atoms with Gasteiger partial charge in [0.25, 0.3) is 0 Å². The molecule has 0 spiro atoms. The van der Waals surface area contributed by atoms with Crippen LogP contribution in [0.3, 0.4) is 0 Å². The molecule has 0 aliphatic rings. The maximum Gasteiger partial charge on any atom is 0.336 e. The molecule has 0 N–H and O–H groups in total. The highest BCUT2D eigenvalue weighted by atomic mass is 35.5. The van der Waals surface area contributed by atoms with Crippen molar-refractivity contribution in [1.29, 1.82) is 0 Å². The minimum Gasteiger partial charge on any atom is -0.423 e. The van der Waals surface area contributed by atoms with E-state index >= 15 is 0 Å². The Balaban J connectivity index is 1.74. The molecular weight excluding hydrogens is 300 g/mol. The lowest BCUT2D eigenvalue weighted by Crippen LogP contribution is -2.03. The van der Waals surface area contributed by atoms with Gasteiger partial charge in [-0.2, -0.15) is 0 Å². The first-order valence-corrected chi connectivity index (χ1v) is 7.07. The Morgan fingerprint density at radius 3 is 2.91 bits per heavy atom. The summed E-state index contributed by atoms with van der Waals surface area (Å²) in [7, 11) is 1.91. The zero-order valence-electron chi connectivity index (χ0n) is 11.9. The number of nitrogens with zero attached hydrogens (tertiary/aromatic N) is 2. The quantitative estimate of drug-likeness (QED) is 0.419.